The Hall–Kier alpha value is -4.74. The number of hydrogen-bond acceptors (Lipinski definition) is 7. The minimum atomic E-state index is -1.11. The number of likely N-dealkylation sites (N-methyl/N-ethyl adjacent to an activating group) is 1. The maximum absolute atomic E-state index is 17.5. The molecule has 0 aliphatic carbocycles. The second-order valence-corrected chi connectivity index (χ2v) is 14.3. The van der Waals surface area contributed by atoms with Crippen LogP contribution >= 0.6 is 0 Å². The van der Waals surface area contributed by atoms with Crippen LogP contribution in [0.2, 0.25) is 0 Å². The van der Waals surface area contributed by atoms with Gasteiger partial charge in [-0.3, -0.25) is 14.3 Å². The highest BCUT2D eigenvalue weighted by molar-refractivity contribution is 6.03. The lowest BCUT2D eigenvalue weighted by Crippen LogP contribution is -2.64. The number of aryl methyl sites for hydroxylation is 1. The van der Waals surface area contributed by atoms with Gasteiger partial charge in [0.25, 0.3) is 5.56 Å². The van der Waals surface area contributed by atoms with E-state index in [1.807, 2.05) is 25.7 Å². The summed E-state index contributed by atoms with van der Waals surface area (Å²) in [5.41, 5.74) is -0.269. The summed E-state index contributed by atoms with van der Waals surface area (Å²) in [5, 5.41) is 0.135. The smallest absolute Gasteiger partial charge is 0.410 e. The number of benzene rings is 2. The van der Waals surface area contributed by atoms with Crippen molar-refractivity contribution >= 4 is 28.4 Å². The Morgan fingerprint density at radius 1 is 1.00 bits per heavy atom. The van der Waals surface area contributed by atoms with Gasteiger partial charge in [0.15, 0.2) is 5.82 Å². The van der Waals surface area contributed by atoms with Crippen molar-refractivity contribution in [1.29, 1.82) is 0 Å². The Balaban J connectivity index is 1.70. The number of hydrogen-bond donors (Lipinski definition) is 0. The highest BCUT2D eigenvalue weighted by Crippen LogP contribution is 2.46. The molecule has 1 amide bonds. The number of ether oxygens (including phenoxy) is 2. The number of halogens is 3. The quantitative estimate of drug-likeness (QED) is 0.227. The Morgan fingerprint density at radius 3 is 2.37 bits per heavy atom. The van der Waals surface area contributed by atoms with Crippen molar-refractivity contribution in [3.63, 3.8) is 0 Å². The van der Waals surface area contributed by atoms with Gasteiger partial charge < -0.3 is 24.2 Å². The number of methoxy groups -OCH3 is 1. The molecule has 0 spiro atoms. The monoisotopic (exact) mass is 677 g/mol. The fraction of sp³-hybridized carbons (Fsp3) is 0.432. The van der Waals surface area contributed by atoms with E-state index in [9.17, 15) is 9.59 Å². The Labute approximate surface area is 283 Å². The number of aromatic nitrogens is 2. The fourth-order valence-electron chi connectivity index (χ4n) is 7.17. The summed E-state index contributed by atoms with van der Waals surface area (Å²) in [5.74, 6) is -3.22. The van der Waals surface area contributed by atoms with Crippen molar-refractivity contribution in [2.24, 2.45) is 0 Å². The van der Waals surface area contributed by atoms with Crippen LogP contribution in [0.5, 0.6) is 5.75 Å². The third-order valence-corrected chi connectivity index (χ3v) is 9.29. The van der Waals surface area contributed by atoms with Crippen molar-refractivity contribution in [3.05, 3.63) is 75.6 Å². The lowest BCUT2D eigenvalue weighted by Gasteiger charge is -2.51. The number of fused-ring (bicyclic) bond motifs is 5. The summed E-state index contributed by atoms with van der Waals surface area (Å²) >= 11 is 0. The van der Waals surface area contributed by atoms with Gasteiger partial charge in [-0.25, -0.2) is 18.0 Å². The number of carbonyl (C=O) groups is 1. The van der Waals surface area contributed by atoms with Gasteiger partial charge in [0, 0.05) is 44.3 Å². The zero-order valence-electron chi connectivity index (χ0n) is 29.3. The highest BCUT2D eigenvalue weighted by atomic mass is 19.1. The van der Waals surface area contributed by atoms with Gasteiger partial charge in [-0.05, 0) is 70.4 Å². The summed E-state index contributed by atoms with van der Waals surface area (Å²) in [4.78, 5) is 38.2. The molecular weight excluding hydrogens is 635 g/mol. The van der Waals surface area contributed by atoms with E-state index in [4.69, 9.17) is 9.47 Å². The largest absolute Gasteiger partial charge is 0.496 e. The first-order valence-electron chi connectivity index (χ1n) is 16.4. The van der Waals surface area contributed by atoms with Crippen LogP contribution in [0.25, 0.3) is 27.7 Å². The molecule has 12 heteroatoms. The van der Waals surface area contributed by atoms with Gasteiger partial charge >= 0.3 is 6.09 Å². The fourth-order valence-corrected chi connectivity index (χ4v) is 7.17. The molecule has 0 bridgehead atoms. The summed E-state index contributed by atoms with van der Waals surface area (Å²) in [6, 6.07) is 6.15. The minimum Gasteiger partial charge on any atom is -0.496 e. The zero-order valence-corrected chi connectivity index (χ0v) is 29.3. The lowest BCUT2D eigenvalue weighted by molar-refractivity contribution is 0.0125. The first kappa shape index (κ1) is 34.1. The summed E-state index contributed by atoms with van der Waals surface area (Å²) < 4.78 is 61.7. The van der Waals surface area contributed by atoms with Gasteiger partial charge in [0.2, 0.25) is 0 Å². The Kier molecular flexibility index (Phi) is 8.57. The highest BCUT2D eigenvalue weighted by Gasteiger charge is 2.43. The molecule has 2 aliphatic heterocycles. The molecule has 6 rings (SSSR count). The number of pyridine rings is 2. The number of nitrogens with zero attached hydrogens (tertiary/aromatic N) is 5. The number of piperazine rings is 1. The van der Waals surface area contributed by atoms with Gasteiger partial charge in [-0.15, -0.1) is 0 Å². The second-order valence-electron chi connectivity index (χ2n) is 14.3. The van der Waals surface area contributed by atoms with Crippen LogP contribution in [0.15, 0.2) is 41.3 Å². The third-order valence-electron chi connectivity index (χ3n) is 9.29. The molecule has 0 N–H and O–H groups in total. The van der Waals surface area contributed by atoms with Gasteiger partial charge in [0.05, 0.1) is 46.9 Å². The molecule has 0 radical (unpaired) electrons. The Bertz CT molecular complexity index is 2040. The second kappa shape index (κ2) is 12.3. The molecule has 1 saturated heterocycles. The van der Waals surface area contributed by atoms with E-state index in [1.54, 1.807) is 56.8 Å². The normalized spacial score (nSPS) is 17.8. The SMILES string of the molecule is COc1cccc(F)c1-c1c(F)cc2c3c(c(=O)n(-c4c(C)ccnc4C(C)C)c2c1F)N(C)C[C@H]1CN(C(=O)OC(C)(C)C)[C@H](C)CN31. The van der Waals surface area contributed by atoms with E-state index >= 15 is 13.2 Å². The van der Waals surface area contributed by atoms with E-state index < -0.39 is 40.3 Å². The lowest BCUT2D eigenvalue weighted by atomic mass is 9.95. The molecule has 0 unspecified atom stereocenters. The van der Waals surface area contributed by atoms with Crippen LogP contribution in [-0.2, 0) is 4.74 Å². The van der Waals surface area contributed by atoms with E-state index in [-0.39, 0.29) is 59.0 Å². The van der Waals surface area contributed by atoms with Crippen molar-refractivity contribution in [2.75, 3.05) is 43.6 Å². The van der Waals surface area contributed by atoms with Gasteiger partial charge in [-0.1, -0.05) is 19.9 Å². The summed E-state index contributed by atoms with van der Waals surface area (Å²) in [6.07, 6.45) is 1.18. The molecule has 49 heavy (non-hydrogen) atoms. The standard InChI is InChI=1S/C37H42F3N5O4/c1-19(2)30-31(20(3)13-14-41-30)45-32-23(15-25(39)28(29(32)40)27-24(38)11-10-12-26(27)48-9)33-34(35(45)46)42(8)17-22-18-43(21(4)16-44(22)33)36(47)49-37(5,6)7/h10-15,19,21-22H,16-18H2,1-9H3/t21-,22+/m1/s1. The summed E-state index contributed by atoms with van der Waals surface area (Å²) in [6.45, 7) is 13.8. The first-order chi connectivity index (χ1) is 23.0. The summed E-state index contributed by atoms with van der Waals surface area (Å²) in [7, 11) is 3.05. The number of anilines is 2. The molecule has 260 valence electrons. The first-order valence-corrected chi connectivity index (χ1v) is 16.4. The van der Waals surface area contributed by atoms with Crippen LogP contribution in [0.3, 0.4) is 0 Å². The van der Waals surface area contributed by atoms with Crippen LogP contribution < -0.4 is 20.1 Å². The van der Waals surface area contributed by atoms with E-state index in [0.29, 0.717) is 29.2 Å². The maximum atomic E-state index is 17.5. The molecule has 1 fully saturated rings. The van der Waals surface area contributed by atoms with Gasteiger partial charge in [0.1, 0.15) is 28.7 Å². The molecule has 4 heterocycles. The van der Waals surface area contributed by atoms with Crippen molar-refractivity contribution in [3.8, 4) is 22.6 Å². The van der Waals surface area contributed by atoms with Crippen molar-refractivity contribution in [1.82, 2.24) is 14.5 Å². The number of rotatable bonds is 4. The number of amides is 1. The Morgan fingerprint density at radius 2 is 1.71 bits per heavy atom. The van der Waals surface area contributed by atoms with Crippen molar-refractivity contribution < 1.29 is 27.4 Å². The van der Waals surface area contributed by atoms with Crippen LogP contribution in [0.4, 0.5) is 29.3 Å². The molecule has 2 atom stereocenters. The van der Waals surface area contributed by atoms with Crippen LogP contribution in [0.1, 0.15) is 58.7 Å². The van der Waals surface area contributed by atoms with Crippen LogP contribution in [0, 0.1) is 24.4 Å². The van der Waals surface area contributed by atoms with Crippen molar-refractivity contribution in [2.45, 2.75) is 72.1 Å². The molecule has 0 saturated carbocycles. The number of carbonyl (C=O) groups excluding carboxylic acids is 1. The topological polar surface area (TPSA) is 80.1 Å². The predicted octanol–water partition coefficient (Wildman–Crippen LogP) is 7.17. The van der Waals surface area contributed by atoms with Crippen LogP contribution in [-0.4, -0.2) is 72.0 Å². The van der Waals surface area contributed by atoms with E-state index in [1.165, 1.54) is 29.9 Å². The average Bonchev–Trinajstić information content (AvgIpc) is 3.01. The third kappa shape index (κ3) is 5.64. The van der Waals surface area contributed by atoms with E-state index in [0.717, 1.165) is 6.07 Å². The molecule has 9 nitrogen and oxygen atoms in total. The minimum absolute atomic E-state index is 0.0590. The molecular formula is C37H42F3N5O4. The average molecular weight is 678 g/mol. The molecule has 4 aromatic rings. The van der Waals surface area contributed by atoms with Gasteiger partial charge in [-0.2, -0.15) is 0 Å². The molecule has 2 aliphatic rings. The molecule has 2 aromatic carbocycles. The zero-order chi connectivity index (χ0) is 35.7. The predicted molar refractivity (Wildman–Crippen MR) is 185 cm³/mol. The molecule has 2 aromatic heterocycles. The van der Waals surface area contributed by atoms with E-state index in [2.05, 4.69) is 4.98 Å². The maximum Gasteiger partial charge on any atom is 0.410 e.